The van der Waals surface area contributed by atoms with E-state index in [0.29, 0.717) is 16.9 Å². The molecule has 3 aromatic rings. The number of aromatic amines is 1. The van der Waals surface area contributed by atoms with Gasteiger partial charge in [-0.05, 0) is 17.7 Å². The number of amides is 1. The number of imidazole rings is 1. The van der Waals surface area contributed by atoms with Gasteiger partial charge in [-0.1, -0.05) is 6.07 Å². The first-order chi connectivity index (χ1) is 10.6. The van der Waals surface area contributed by atoms with Crippen molar-refractivity contribution in [2.24, 2.45) is 0 Å². The lowest BCUT2D eigenvalue weighted by Crippen LogP contribution is -2.27. The molecule has 8 heteroatoms. The number of hydrogen-bond acceptors (Lipinski definition) is 4. The summed E-state index contributed by atoms with van der Waals surface area (Å²) in [6.45, 7) is 1.39. The van der Waals surface area contributed by atoms with Gasteiger partial charge >= 0.3 is 0 Å². The van der Waals surface area contributed by atoms with Crippen LogP contribution in [-0.4, -0.2) is 30.9 Å². The standard InChI is InChI=1S/C14H13FN6O/c1-9(22)18-14(12-7-17-20-19-12)10-2-3-13(11(15)6-10)21-5-4-16-8-21/h2-8,14H,1H3,(H,18,22)(H,17,19,20). The van der Waals surface area contributed by atoms with Crippen molar-refractivity contribution >= 4 is 5.91 Å². The van der Waals surface area contributed by atoms with Crippen LogP contribution in [0.5, 0.6) is 0 Å². The van der Waals surface area contributed by atoms with Gasteiger partial charge < -0.3 is 9.88 Å². The molecule has 2 aromatic heterocycles. The van der Waals surface area contributed by atoms with Gasteiger partial charge in [0.1, 0.15) is 17.6 Å². The third-order valence-corrected chi connectivity index (χ3v) is 3.16. The van der Waals surface area contributed by atoms with E-state index in [-0.39, 0.29) is 5.91 Å². The Hall–Kier alpha value is -3.03. The first-order valence-electron chi connectivity index (χ1n) is 6.55. The lowest BCUT2D eigenvalue weighted by Gasteiger charge is -2.16. The molecule has 112 valence electrons. The average Bonchev–Trinajstić information content (AvgIpc) is 3.17. The van der Waals surface area contributed by atoms with Crippen LogP contribution in [0.2, 0.25) is 0 Å². The van der Waals surface area contributed by atoms with Crippen molar-refractivity contribution in [3.05, 3.63) is 60.2 Å². The fourth-order valence-corrected chi connectivity index (χ4v) is 2.19. The number of aromatic nitrogens is 5. The Morgan fingerprint density at radius 1 is 1.45 bits per heavy atom. The van der Waals surface area contributed by atoms with E-state index in [1.165, 1.54) is 25.5 Å². The molecule has 0 aliphatic heterocycles. The summed E-state index contributed by atoms with van der Waals surface area (Å²) in [6.07, 6.45) is 6.23. The van der Waals surface area contributed by atoms with E-state index < -0.39 is 11.9 Å². The fraction of sp³-hybridized carbons (Fsp3) is 0.143. The summed E-state index contributed by atoms with van der Waals surface area (Å²) in [5, 5.41) is 12.9. The molecule has 3 rings (SSSR count). The number of rotatable bonds is 4. The lowest BCUT2D eigenvalue weighted by molar-refractivity contribution is -0.119. The minimum Gasteiger partial charge on any atom is -0.344 e. The largest absolute Gasteiger partial charge is 0.344 e. The van der Waals surface area contributed by atoms with Crippen LogP contribution in [0.1, 0.15) is 24.2 Å². The molecule has 2 N–H and O–H groups in total. The second-order valence-corrected chi connectivity index (χ2v) is 4.71. The van der Waals surface area contributed by atoms with Crippen molar-refractivity contribution in [1.82, 2.24) is 30.3 Å². The number of nitrogens with one attached hydrogen (secondary N) is 2. The summed E-state index contributed by atoms with van der Waals surface area (Å²) in [5.41, 5.74) is 1.46. The smallest absolute Gasteiger partial charge is 0.217 e. The average molecular weight is 300 g/mol. The number of benzene rings is 1. The molecule has 0 radical (unpaired) electrons. The van der Waals surface area contributed by atoms with Crippen LogP contribution in [-0.2, 0) is 4.79 Å². The minimum atomic E-state index is -0.567. The minimum absolute atomic E-state index is 0.243. The third kappa shape index (κ3) is 2.71. The number of halogens is 1. The highest BCUT2D eigenvalue weighted by atomic mass is 19.1. The predicted molar refractivity (Wildman–Crippen MR) is 75.6 cm³/mol. The van der Waals surface area contributed by atoms with Gasteiger partial charge in [0.25, 0.3) is 0 Å². The van der Waals surface area contributed by atoms with E-state index in [9.17, 15) is 9.18 Å². The molecular weight excluding hydrogens is 287 g/mol. The van der Waals surface area contributed by atoms with E-state index in [1.807, 2.05) is 0 Å². The summed E-state index contributed by atoms with van der Waals surface area (Å²) in [4.78, 5) is 15.3. The number of carbonyl (C=O) groups excluding carboxylic acids is 1. The second-order valence-electron chi connectivity index (χ2n) is 4.71. The van der Waals surface area contributed by atoms with Crippen molar-refractivity contribution in [2.45, 2.75) is 13.0 Å². The number of carbonyl (C=O) groups is 1. The Morgan fingerprint density at radius 2 is 2.32 bits per heavy atom. The van der Waals surface area contributed by atoms with Crippen molar-refractivity contribution in [3.8, 4) is 5.69 Å². The molecule has 0 fully saturated rings. The Balaban J connectivity index is 1.98. The highest BCUT2D eigenvalue weighted by Crippen LogP contribution is 2.23. The first-order valence-corrected chi connectivity index (χ1v) is 6.55. The normalized spacial score (nSPS) is 12.1. The zero-order valence-electron chi connectivity index (χ0n) is 11.7. The Kier molecular flexibility index (Phi) is 3.65. The van der Waals surface area contributed by atoms with Crippen molar-refractivity contribution in [3.63, 3.8) is 0 Å². The zero-order valence-corrected chi connectivity index (χ0v) is 11.7. The van der Waals surface area contributed by atoms with Crippen LogP contribution < -0.4 is 5.32 Å². The SMILES string of the molecule is CC(=O)NC(c1ccc(-n2ccnc2)c(F)c1)c1cn[nH]n1. The van der Waals surface area contributed by atoms with Crippen molar-refractivity contribution in [2.75, 3.05) is 0 Å². The van der Waals surface area contributed by atoms with E-state index in [2.05, 4.69) is 25.7 Å². The second kappa shape index (κ2) is 5.76. The molecule has 0 saturated heterocycles. The summed E-state index contributed by atoms with van der Waals surface area (Å²) in [5.74, 6) is -0.665. The first kappa shape index (κ1) is 13.9. The van der Waals surface area contributed by atoms with Crippen molar-refractivity contribution < 1.29 is 9.18 Å². The van der Waals surface area contributed by atoms with E-state index in [4.69, 9.17) is 0 Å². The predicted octanol–water partition coefficient (Wildman–Crippen LogP) is 1.35. The maximum atomic E-state index is 14.3. The maximum Gasteiger partial charge on any atom is 0.217 e. The summed E-state index contributed by atoms with van der Waals surface area (Å²) in [7, 11) is 0. The molecule has 1 amide bonds. The Labute approximate surface area is 125 Å². The highest BCUT2D eigenvalue weighted by Gasteiger charge is 2.19. The molecule has 7 nitrogen and oxygen atoms in total. The zero-order chi connectivity index (χ0) is 15.5. The van der Waals surface area contributed by atoms with E-state index >= 15 is 0 Å². The lowest BCUT2D eigenvalue weighted by atomic mass is 10.0. The van der Waals surface area contributed by atoms with Crippen LogP contribution in [0.25, 0.3) is 5.69 Å². The van der Waals surface area contributed by atoms with Crippen LogP contribution in [0.3, 0.4) is 0 Å². The van der Waals surface area contributed by atoms with Gasteiger partial charge in [-0.25, -0.2) is 9.37 Å². The number of nitrogens with zero attached hydrogens (tertiary/aromatic N) is 4. The van der Waals surface area contributed by atoms with E-state index in [1.54, 1.807) is 29.1 Å². The van der Waals surface area contributed by atoms with Gasteiger partial charge in [0.15, 0.2) is 0 Å². The van der Waals surface area contributed by atoms with Gasteiger partial charge in [-0.3, -0.25) is 4.79 Å². The summed E-state index contributed by atoms with van der Waals surface area (Å²) >= 11 is 0. The van der Waals surface area contributed by atoms with Crippen LogP contribution in [0, 0.1) is 5.82 Å². The molecule has 1 unspecified atom stereocenters. The van der Waals surface area contributed by atoms with Crippen molar-refractivity contribution in [1.29, 1.82) is 0 Å². The van der Waals surface area contributed by atoms with Gasteiger partial charge in [-0.2, -0.15) is 15.4 Å². The van der Waals surface area contributed by atoms with Gasteiger partial charge in [0.05, 0.1) is 18.2 Å². The summed E-state index contributed by atoms with van der Waals surface area (Å²) < 4.78 is 15.9. The maximum absolute atomic E-state index is 14.3. The Bertz CT molecular complexity index is 769. The van der Waals surface area contributed by atoms with Crippen LogP contribution in [0.4, 0.5) is 4.39 Å². The fourth-order valence-electron chi connectivity index (χ4n) is 2.19. The molecule has 1 atom stereocenters. The molecule has 0 saturated carbocycles. The molecule has 0 aliphatic rings. The molecule has 0 bridgehead atoms. The molecule has 22 heavy (non-hydrogen) atoms. The molecule has 1 aromatic carbocycles. The van der Waals surface area contributed by atoms with E-state index in [0.717, 1.165) is 0 Å². The number of hydrogen-bond donors (Lipinski definition) is 2. The quantitative estimate of drug-likeness (QED) is 0.761. The monoisotopic (exact) mass is 300 g/mol. The molecule has 0 aliphatic carbocycles. The van der Waals surface area contributed by atoms with Crippen LogP contribution >= 0.6 is 0 Å². The van der Waals surface area contributed by atoms with Gasteiger partial charge in [0, 0.05) is 19.3 Å². The topological polar surface area (TPSA) is 88.5 Å². The molecule has 2 heterocycles. The molecular formula is C14H13FN6O. The third-order valence-electron chi connectivity index (χ3n) is 3.16. The highest BCUT2D eigenvalue weighted by molar-refractivity contribution is 5.74. The number of H-pyrrole nitrogens is 1. The Morgan fingerprint density at radius 3 is 2.91 bits per heavy atom. The van der Waals surface area contributed by atoms with Gasteiger partial charge in [0.2, 0.25) is 5.91 Å². The summed E-state index contributed by atoms with van der Waals surface area (Å²) in [6, 6.07) is 4.15. The van der Waals surface area contributed by atoms with Gasteiger partial charge in [-0.15, -0.1) is 0 Å². The van der Waals surface area contributed by atoms with Crippen LogP contribution in [0.15, 0.2) is 43.1 Å². The molecule has 0 spiro atoms.